The Hall–Kier alpha value is -2.94. The molecule has 3 aromatic rings. The lowest BCUT2D eigenvalue weighted by molar-refractivity contribution is 0.103. The number of ketones is 1. The molecule has 0 aliphatic rings. The number of nitrogens with zero attached hydrogens (tertiary/aromatic N) is 2. The maximum absolute atomic E-state index is 13.0. The third-order valence-electron chi connectivity index (χ3n) is 4.16. The Balaban J connectivity index is 2.04. The second-order valence-corrected chi connectivity index (χ2v) is 6.68. The molecule has 0 aliphatic heterocycles. The maximum Gasteiger partial charge on any atom is 0.211 e. The number of rotatable bonds is 5. The molecule has 1 heterocycles. The molecular weight excluding hydrogens is 385 g/mol. The standard InChI is InChI=1S/C20H15Cl2N3O2/c1-27-16-6-3-12(4-7-16)20(26)19-18(24)14(9-23)11-25(19)10-13-2-5-15(21)8-17(13)22/h2-8,11H,10,24H2,1H3. The SMILES string of the molecule is COc1ccc(C(=O)c2c(N)c(C#N)cn2Cc2ccc(Cl)cc2Cl)cc1. The Bertz CT molecular complexity index is 1050. The van der Waals surface area contributed by atoms with E-state index < -0.39 is 0 Å². The van der Waals surface area contributed by atoms with Gasteiger partial charge in [-0.1, -0.05) is 29.3 Å². The summed E-state index contributed by atoms with van der Waals surface area (Å²) < 4.78 is 6.75. The highest BCUT2D eigenvalue weighted by atomic mass is 35.5. The Morgan fingerprint density at radius 1 is 1.22 bits per heavy atom. The monoisotopic (exact) mass is 399 g/mol. The van der Waals surface area contributed by atoms with Crippen LogP contribution in [0.2, 0.25) is 10.0 Å². The summed E-state index contributed by atoms with van der Waals surface area (Å²) in [4.78, 5) is 13.0. The number of nitrogens with two attached hydrogens (primary N) is 1. The third-order valence-corrected chi connectivity index (χ3v) is 4.75. The first kappa shape index (κ1) is 18.8. The van der Waals surface area contributed by atoms with Crippen molar-refractivity contribution in [2.24, 2.45) is 0 Å². The van der Waals surface area contributed by atoms with Gasteiger partial charge in [0.1, 0.15) is 17.5 Å². The number of nitrogen functional groups attached to an aromatic ring is 1. The molecule has 0 saturated carbocycles. The Morgan fingerprint density at radius 2 is 1.93 bits per heavy atom. The second kappa shape index (κ2) is 7.75. The van der Waals surface area contributed by atoms with Crippen LogP contribution in [0.4, 0.5) is 5.69 Å². The molecule has 0 bridgehead atoms. The molecule has 1 aromatic heterocycles. The minimum absolute atomic E-state index is 0.142. The van der Waals surface area contributed by atoms with Gasteiger partial charge in [-0.15, -0.1) is 0 Å². The van der Waals surface area contributed by atoms with Crippen LogP contribution < -0.4 is 10.5 Å². The van der Waals surface area contributed by atoms with Crippen molar-refractivity contribution in [2.45, 2.75) is 6.54 Å². The van der Waals surface area contributed by atoms with Crippen molar-refractivity contribution in [1.82, 2.24) is 4.57 Å². The predicted octanol–water partition coefficient (Wildman–Crippen LogP) is 4.54. The zero-order valence-corrected chi connectivity index (χ0v) is 15.9. The van der Waals surface area contributed by atoms with E-state index in [2.05, 4.69) is 0 Å². The predicted molar refractivity (Wildman–Crippen MR) is 106 cm³/mol. The lowest BCUT2D eigenvalue weighted by Gasteiger charge is -2.11. The number of methoxy groups -OCH3 is 1. The average Bonchev–Trinajstić information content (AvgIpc) is 2.98. The van der Waals surface area contributed by atoms with Crippen molar-refractivity contribution in [3.63, 3.8) is 0 Å². The number of carbonyl (C=O) groups excluding carboxylic acids is 1. The molecule has 2 aromatic carbocycles. The van der Waals surface area contributed by atoms with E-state index in [0.29, 0.717) is 21.4 Å². The zero-order valence-electron chi connectivity index (χ0n) is 14.4. The zero-order chi connectivity index (χ0) is 19.6. The van der Waals surface area contributed by atoms with Gasteiger partial charge in [0, 0.05) is 28.4 Å². The van der Waals surface area contributed by atoms with Crippen LogP contribution >= 0.6 is 23.2 Å². The smallest absolute Gasteiger partial charge is 0.211 e. The molecule has 0 saturated heterocycles. The van der Waals surface area contributed by atoms with Crippen LogP contribution in [0, 0.1) is 11.3 Å². The molecule has 0 aliphatic carbocycles. The molecule has 2 N–H and O–H groups in total. The van der Waals surface area contributed by atoms with Crippen molar-refractivity contribution in [1.29, 1.82) is 5.26 Å². The molecule has 0 unspecified atom stereocenters. The van der Waals surface area contributed by atoms with E-state index in [1.54, 1.807) is 60.3 Å². The molecule has 0 fully saturated rings. The van der Waals surface area contributed by atoms with E-state index in [4.69, 9.17) is 33.7 Å². The number of ether oxygens (including phenoxy) is 1. The molecule has 27 heavy (non-hydrogen) atoms. The van der Waals surface area contributed by atoms with Crippen molar-refractivity contribution in [3.05, 3.63) is 81.1 Å². The van der Waals surface area contributed by atoms with E-state index >= 15 is 0 Å². The van der Waals surface area contributed by atoms with Crippen molar-refractivity contribution >= 4 is 34.7 Å². The summed E-state index contributed by atoms with van der Waals surface area (Å²) in [5, 5.41) is 10.3. The number of benzene rings is 2. The van der Waals surface area contributed by atoms with Crippen LogP contribution in [-0.2, 0) is 6.54 Å². The summed E-state index contributed by atoms with van der Waals surface area (Å²) in [5.41, 5.74) is 7.89. The van der Waals surface area contributed by atoms with E-state index in [9.17, 15) is 10.1 Å². The molecule has 0 amide bonds. The quantitative estimate of drug-likeness (QED) is 0.638. The maximum atomic E-state index is 13.0. The number of carbonyl (C=O) groups is 1. The van der Waals surface area contributed by atoms with Crippen LogP contribution in [0.1, 0.15) is 27.2 Å². The first-order valence-corrected chi connectivity index (χ1v) is 8.71. The first-order valence-electron chi connectivity index (χ1n) is 7.96. The largest absolute Gasteiger partial charge is 0.497 e. The number of aromatic nitrogens is 1. The summed E-state index contributed by atoms with van der Waals surface area (Å²) in [6, 6.07) is 13.8. The fraction of sp³-hybridized carbons (Fsp3) is 0.100. The molecule has 0 radical (unpaired) electrons. The Kier molecular flexibility index (Phi) is 5.41. The number of hydrogen-bond donors (Lipinski definition) is 1. The van der Waals surface area contributed by atoms with Crippen molar-refractivity contribution in [2.75, 3.05) is 12.8 Å². The molecule has 0 atom stereocenters. The van der Waals surface area contributed by atoms with Gasteiger partial charge in [-0.05, 0) is 42.0 Å². The normalized spacial score (nSPS) is 10.4. The van der Waals surface area contributed by atoms with Gasteiger partial charge in [-0.3, -0.25) is 4.79 Å². The van der Waals surface area contributed by atoms with Gasteiger partial charge in [-0.25, -0.2) is 0 Å². The molecule has 0 spiro atoms. The molecule has 3 rings (SSSR count). The van der Waals surface area contributed by atoms with Crippen LogP contribution in [0.15, 0.2) is 48.7 Å². The van der Waals surface area contributed by atoms with E-state index in [1.165, 1.54) is 0 Å². The lowest BCUT2D eigenvalue weighted by atomic mass is 10.1. The summed E-state index contributed by atoms with van der Waals surface area (Å²) in [7, 11) is 1.55. The molecular formula is C20H15Cl2N3O2. The van der Waals surface area contributed by atoms with Crippen molar-refractivity contribution < 1.29 is 9.53 Å². The van der Waals surface area contributed by atoms with Gasteiger partial charge in [-0.2, -0.15) is 5.26 Å². The summed E-state index contributed by atoms with van der Waals surface area (Å²) >= 11 is 12.2. The summed E-state index contributed by atoms with van der Waals surface area (Å²) in [5.74, 6) is 0.349. The third kappa shape index (κ3) is 3.77. The minimum atomic E-state index is -0.290. The summed E-state index contributed by atoms with van der Waals surface area (Å²) in [6.07, 6.45) is 1.55. The molecule has 7 heteroatoms. The van der Waals surface area contributed by atoms with Gasteiger partial charge < -0.3 is 15.0 Å². The van der Waals surface area contributed by atoms with Crippen LogP contribution in [0.3, 0.4) is 0 Å². The first-order chi connectivity index (χ1) is 12.9. The fourth-order valence-electron chi connectivity index (χ4n) is 2.75. The summed E-state index contributed by atoms with van der Waals surface area (Å²) in [6.45, 7) is 0.277. The number of halogens is 2. The van der Waals surface area contributed by atoms with Crippen LogP contribution in [-0.4, -0.2) is 17.5 Å². The number of anilines is 1. The molecule has 136 valence electrons. The Morgan fingerprint density at radius 3 is 2.52 bits per heavy atom. The van der Waals surface area contributed by atoms with Crippen LogP contribution in [0.25, 0.3) is 0 Å². The number of hydrogen-bond acceptors (Lipinski definition) is 4. The number of nitriles is 1. The minimum Gasteiger partial charge on any atom is -0.497 e. The topological polar surface area (TPSA) is 81.0 Å². The highest BCUT2D eigenvalue weighted by molar-refractivity contribution is 6.35. The van der Waals surface area contributed by atoms with Crippen molar-refractivity contribution in [3.8, 4) is 11.8 Å². The Labute approximate surface area is 166 Å². The van der Waals surface area contributed by atoms with Gasteiger partial charge >= 0.3 is 0 Å². The fourth-order valence-corrected chi connectivity index (χ4v) is 3.22. The highest BCUT2D eigenvalue weighted by Gasteiger charge is 2.22. The highest BCUT2D eigenvalue weighted by Crippen LogP contribution is 2.27. The average molecular weight is 400 g/mol. The van der Waals surface area contributed by atoms with Gasteiger partial charge in [0.05, 0.1) is 18.4 Å². The van der Waals surface area contributed by atoms with Crippen LogP contribution in [0.5, 0.6) is 5.75 Å². The molecule has 5 nitrogen and oxygen atoms in total. The van der Waals surface area contributed by atoms with Gasteiger partial charge in [0.15, 0.2) is 0 Å². The van der Waals surface area contributed by atoms with Gasteiger partial charge in [0.25, 0.3) is 0 Å². The van der Waals surface area contributed by atoms with Gasteiger partial charge in [0.2, 0.25) is 5.78 Å². The van der Waals surface area contributed by atoms with E-state index in [0.717, 1.165) is 5.56 Å². The lowest BCUT2D eigenvalue weighted by Crippen LogP contribution is -2.13. The second-order valence-electron chi connectivity index (χ2n) is 5.84. The van der Waals surface area contributed by atoms with E-state index in [1.807, 2.05) is 6.07 Å². The van der Waals surface area contributed by atoms with E-state index in [-0.39, 0.29) is 29.3 Å².